The number of carbonyl (C=O) groups is 1. The van der Waals surface area contributed by atoms with Crippen LogP contribution >= 0.6 is 11.8 Å². The minimum absolute atomic E-state index is 0.361. The van der Waals surface area contributed by atoms with Crippen LogP contribution in [-0.4, -0.2) is 42.6 Å². The lowest BCUT2D eigenvalue weighted by molar-refractivity contribution is -0.142. The smallest absolute Gasteiger partial charge is 0.323 e. The lowest BCUT2D eigenvalue weighted by Gasteiger charge is -2.17. The minimum atomic E-state index is -1.20. The lowest BCUT2D eigenvalue weighted by atomic mass is 10.0. The molecule has 0 radical (unpaired) electrons. The highest BCUT2D eigenvalue weighted by Crippen LogP contribution is 2.17. The minimum Gasteiger partial charge on any atom is -0.480 e. The molecule has 15 heavy (non-hydrogen) atoms. The van der Waals surface area contributed by atoms with Crippen molar-refractivity contribution in [3.8, 4) is 0 Å². The van der Waals surface area contributed by atoms with Crippen molar-refractivity contribution >= 4 is 17.7 Å². The van der Waals surface area contributed by atoms with Crippen LogP contribution in [0.1, 0.15) is 13.3 Å². The molecule has 0 aliphatic carbocycles. The van der Waals surface area contributed by atoms with Crippen LogP contribution in [0.25, 0.3) is 0 Å². The zero-order valence-corrected chi connectivity index (χ0v) is 9.36. The van der Waals surface area contributed by atoms with Crippen molar-refractivity contribution < 1.29 is 9.90 Å². The van der Waals surface area contributed by atoms with Crippen molar-refractivity contribution in [3.63, 3.8) is 0 Å². The lowest BCUT2D eigenvalue weighted by Crippen LogP contribution is -2.45. The Bertz CT molecular complexity index is 351. The molecule has 1 heterocycles. The first-order valence-corrected chi connectivity index (χ1v) is 5.29. The first-order valence-electron chi connectivity index (χ1n) is 4.31. The predicted octanol–water partition coefficient (Wildman–Crippen LogP) is -0.506. The van der Waals surface area contributed by atoms with E-state index in [4.69, 9.17) is 10.8 Å². The molecule has 1 rings (SSSR count). The van der Waals surface area contributed by atoms with E-state index in [1.807, 2.05) is 0 Å². The molecule has 0 saturated carbocycles. The van der Waals surface area contributed by atoms with Gasteiger partial charge in [0.25, 0.3) is 0 Å². The molecule has 1 atom stereocenters. The van der Waals surface area contributed by atoms with Gasteiger partial charge in [-0.2, -0.15) is 0 Å². The summed E-state index contributed by atoms with van der Waals surface area (Å²) >= 11 is 1.38. The van der Waals surface area contributed by atoms with Crippen LogP contribution in [0.5, 0.6) is 0 Å². The summed E-state index contributed by atoms with van der Waals surface area (Å²) in [5.74, 6) is -0.438. The summed E-state index contributed by atoms with van der Waals surface area (Å²) in [6, 6.07) is 0. The number of aliphatic carboxylic acids is 1. The van der Waals surface area contributed by atoms with Crippen molar-refractivity contribution in [1.82, 2.24) is 20.2 Å². The fourth-order valence-electron chi connectivity index (χ4n) is 0.805. The Labute approximate surface area is 91.0 Å². The number of aromatic nitrogens is 4. The molecule has 3 N–H and O–H groups in total. The summed E-state index contributed by atoms with van der Waals surface area (Å²) in [5.41, 5.74) is 4.37. The summed E-state index contributed by atoms with van der Waals surface area (Å²) in [5, 5.41) is 20.3. The van der Waals surface area contributed by atoms with Gasteiger partial charge in [0.2, 0.25) is 5.16 Å². The maximum absolute atomic E-state index is 10.7. The number of hydrogen-bond donors (Lipinski definition) is 2. The Balaban J connectivity index is 2.40. The average Bonchev–Trinajstić information content (AvgIpc) is 2.51. The van der Waals surface area contributed by atoms with Crippen molar-refractivity contribution in [2.24, 2.45) is 12.8 Å². The summed E-state index contributed by atoms with van der Waals surface area (Å²) in [6.45, 7) is 1.49. The van der Waals surface area contributed by atoms with E-state index in [0.717, 1.165) is 0 Å². The maximum atomic E-state index is 10.7. The van der Waals surface area contributed by atoms with Gasteiger partial charge in [0.15, 0.2) is 0 Å². The first-order chi connectivity index (χ1) is 6.93. The second-order valence-electron chi connectivity index (χ2n) is 3.41. The number of nitrogens with two attached hydrogens (primary N) is 1. The molecule has 0 aliphatic rings. The number of rotatable bonds is 5. The fourth-order valence-corrected chi connectivity index (χ4v) is 1.83. The number of carboxylic acid groups (broad SMARTS) is 1. The molecule has 8 heteroatoms. The SMILES string of the molecule is Cn1nnnc1SCCC(C)(N)C(=O)O. The topological polar surface area (TPSA) is 107 Å². The van der Waals surface area contributed by atoms with Crippen LogP contribution < -0.4 is 5.73 Å². The Morgan fingerprint density at radius 1 is 1.73 bits per heavy atom. The van der Waals surface area contributed by atoms with Crippen molar-refractivity contribution in [3.05, 3.63) is 0 Å². The van der Waals surface area contributed by atoms with Crippen LogP contribution in [-0.2, 0) is 11.8 Å². The number of thioether (sulfide) groups is 1. The van der Waals surface area contributed by atoms with Gasteiger partial charge in [0.05, 0.1) is 0 Å². The van der Waals surface area contributed by atoms with E-state index < -0.39 is 11.5 Å². The maximum Gasteiger partial charge on any atom is 0.323 e. The standard InChI is InChI=1S/C7H13N5O2S/c1-7(8,5(13)14)3-4-15-6-9-10-11-12(6)2/h3-4,8H2,1-2H3,(H,13,14). The van der Waals surface area contributed by atoms with E-state index >= 15 is 0 Å². The molecular formula is C7H13N5O2S. The van der Waals surface area contributed by atoms with Gasteiger partial charge in [-0.05, 0) is 23.8 Å². The van der Waals surface area contributed by atoms with Crippen LogP contribution in [0.3, 0.4) is 0 Å². The second-order valence-corrected chi connectivity index (χ2v) is 4.47. The van der Waals surface area contributed by atoms with Gasteiger partial charge in [-0.3, -0.25) is 4.79 Å². The van der Waals surface area contributed by atoms with E-state index in [2.05, 4.69) is 15.5 Å². The van der Waals surface area contributed by atoms with Crippen molar-refractivity contribution in [2.75, 3.05) is 5.75 Å². The molecule has 84 valence electrons. The Morgan fingerprint density at radius 2 is 2.40 bits per heavy atom. The molecule has 0 bridgehead atoms. The average molecular weight is 231 g/mol. The number of tetrazole rings is 1. The van der Waals surface area contributed by atoms with Gasteiger partial charge in [-0.1, -0.05) is 11.8 Å². The predicted molar refractivity (Wildman–Crippen MR) is 54.4 cm³/mol. The van der Waals surface area contributed by atoms with E-state index in [-0.39, 0.29) is 0 Å². The van der Waals surface area contributed by atoms with Crippen LogP contribution in [0.15, 0.2) is 5.16 Å². The van der Waals surface area contributed by atoms with Crippen LogP contribution in [0.2, 0.25) is 0 Å². The van der Waals surface area contributed by atoms with Gasteiger partial charge < -0.3 is 10.8 Å². The molecule has 0 spiro atoms. The summed E-state index contributed by atoms with van der Waals surface area (Å²) in [7, 11) is 1.72. The van der Waals surface area contributed by atoms with E-state index in [9.17, 15) is 4.79 Å². The monoisotopic (exact) mass is 231 g/mol. The van der Waals surface area contributed by atoms with Gasteiger partial charge in [0.1, 0.15) is 5.54 Å². The normalized spacial score (nSPS) is 14.9. The zero-order valence-electron chi connectivity index (χ0n) is 8.54. The second kappa shape index (κ2) is 4.58. The summed E-state index contributed by atoms with van der Waals surface area (Å²) < 4.78 is 1.53. The Morgan fingerprint density at radius 3 is 2.87 bits per heavy atom. The van der Waals surface area contributed by atoms with Gasteiger partial charge >= 0.3 is 5.97 Å². The molecular weight excluding hydrogens is 218 g/mol. The molecule has 1 unspecified atom stereocenters. The molecule has 1 aromatic rings. The molecule has 1 aromatic heterocycles. The number of aryl methyl sites for hydroxylation is 1. The van der Waals surface area contributed by atoms with E-state index in [0.29, 0.717) is 17.3 Å². The molecule has 0 amide bonds. The highest BCUT2D eigenvalue weighted by atomic mass is 32.2. The highest BCUT2D eigenvalue weighted by Gasteiger charge is 2.27. The van der Waals surface area contributed by atoms with E-state index in [1.165, 1.54) is 23.4 Å². The number of carboxylic acids is 1. The third kappa shape index (κ3) is 3.17. The van der Waals surface area contributed by atoms with Crippen molar-refractivity contribution in [1.29, 1.82) is 0 Å². The molecule has 0 fully saturated rings. The Kier molecular flexibility index (Phi) is 3.64. The number of hydrogen-bond acceptors (Lipinski definition) is 6. The Hall–Kier alpha value is -1.15. The number of nitrogens with zero attached hydrogens (tertiary/aromatic N) is 4. The summed E-state index contributed by atoms with van der Waals surface area (Å²) in [4.78, 5) is 10.7. The fraction of sp³-hybridized carbons (Fsp3) is 0.714. The van der Waals surface area contributed by atoms with Gasteiger partial charge in [-0.15, -0.1) is 5.10 Å². The third-order valence-electron chi connectivity index (χ3n) is 1.92. The molecule has 0 aliphatic heterocycles. The zero-order chi connectivity index (χ0) is 11.5. The van der Waals surface area contributed by atoms with Gasteiger partial charge in [-0.25, -0.2) is 4.68 Å². The quantitative estimate of drug-likeness (QED) is 0.657. The highest BCUT2D eigenvalue weighted by molar-refractivity contribution is 7.99. The van der Waals surface area contributed by atoms with Gasteiger partial charge in [0, 0.05) is 12.8 Å². The first kappa shape index (κ1) is 11.9. The van der Waals surface area contributed by atoms with Crippen molar-refractivity contribution in [2.45, 2.75) is 24.0 Å². The van der Waals surface area contributed by atoms with E-state index in [1.54, 1.807) is 7.05 Å². The molecule has 0 saturated heterocycles. The van der Waals surface area contributed by atoms with Crippen LogP contribution in [0, 0.1) is 0 Å². The largest absolute Gasteiger partial charge is 0.480 e. The third-order valence-corrected chi connectivity index (χ3v) is 2.93. The summed E-state index contributed by atoms with van der Waals surface area (Å²) in [6.07, 6.45) is 0.361. The molecule has 7 nitrogen and oxygen atoms in total. The van der Waals surface area contributed by atoms with Crippen LogP contribution in [0.4, 0.5) is 0 Å². The molecule has 0 aromatic carbocycles.